The van der Waals surface area contributed by atoms with Gasteiger partial charge in [0.1, 0.15) is 5.82 Å². The summed E-state index contributed by atoms with van der Waals surface area (Å²) in [5.74, 6) is 1.79. The summed E-state index contributed by atoms with van der Waals surface area (Å²) in [5.41, 5.74) is 0.964. The molecule has 2 heterocycles. The number of aromatic nitrogens is 1. The van der Waals surface area contributed by atoms with Crippen molar-refractivity contribution in [2.75, 3.05) is 32.1 Å². The summed E-state index contributed by atoms with van der Waals surface area (Å²) in [5, 5.41) is 8.76. The van der Waals surface area contributed by atoms with Crippen LogP contribution in [0.3, 0.4) is 0 Å². The topological polar surface area (TPSA) is 52.6 Å². The monoisotopic (exact) mass is 331 g/mol. The second-order valence-corrected chi connectivity index (χ2v) is 6.37. The number of guanidine groups is 1. The highest BCUT2D eigenvalue weighted by atomic mass is 32.1. The van der Waals surface area contributed by atoms with Crippen LogP contribution in [0.1, 0.15) is 17.5 Å². The van der Waals surface area contributed by atoms with Crippen LogP contribution < -0.4 is 15.5 Å². The molecule has 0 aliphatic rings. The fourth-order valence-corrected chi connectivity index (χ4v) is 2.77. The van der Waals surface area contributed by atoms with Crippen molar-refractivity contribution in [2.24, 2.45) is 4.99 Å². The average molecular weight is 331 g/mol. The van der Waals surface area contributed by atoms with E-state index < -0.39 is 0 Å². The molecule has 124 valence electrons. The van der Waals surface area contributed by atoms with E-state index in [4.69, 9.17) is 0 Å². The zero-order valence-electron chi connectivity index (χ0n) is 14.0. The molecule has 0 saturated carbocycles. The molecule has 2 aromatic rings. The lowest BCUT2D eigenvalue weighted by Crippen LogP contribution is -2.38. The first-order valence-electron chi connectivity index (χ1n) is 7.87. The number of hydrogen-bond donors (Lipinski definition) is 2. The van der Waals surface area contributed by atoms with Crippen LogP contribution >= 0.6 is 11.3 Å². The van der Waals surface area contributed by atoms with E-state index in [2.05, 4.69) is 45.0 Å². The van der Waals surface area contributed by atoms with Crippen LogP contribution in [0.25, 0.3) is 0 Å². The minimum atomic E-state index is 0.565. The minimum Gasteiger partial charge on any atom is -0.363 e. The Hall–Kier alpha value is -2.08. The molecule has 0 amide bonds. The van der Waals surface area contributed by atoms with Gasteiger partial charge in [-0.15, -0.1) is 11.3 Å². The van der Waals surface area contributed by atoms with Crippen molar-refractivity contribution >= 4 is 23.1 Å². The molecule has 0 atom stereocenters. The van der Waals surface area contributed by atoms with Gasteiger partial charge in [0.15, 0.2) is 5.96 Å². The first-order chi connectivity index (χ1) is 11.2. The molecule has 0 saturated heterocycles. The van der Waals surface area contributed by atoms with Gasteiger partial charge in [-0.05, 0) is 36.9 Å². The smallest absolute Gasteiger partial charge is 0.191 e. The summed E-state index contributed by atoms with van der Waals surface area (Å²) in [7, 11) is 3.98. The third-order valence-electron chi connectivity index (χ3n) is 3.24. The van der Waals surface area contributed by atoms with Crippen molar-refractivity contribution in [2.45, 2.75) is 19.9 Å². The van der Waals surface area contributed by atoms with E-state index in [1.54, 1.807) is 11.3 Å². The highest BCUT2D eigenvalue weighted by Gasteiger charge is 2.01. The predicted molar refractivity (Wildman–Crippen MR) is 99.4 cm³/mol. The van der Waals surface area contributed by atoms with E-state index >= 15 is 0 Å². The lowest BCUT2D eigenvalue weighted by Gasteiger charge is -2.13. The largest absolute Gasteiger partial charge is 0.363 e. The summed E-state index contributed by atoms with van der Waals surface area (Å²) >= 11 is 1.79. The number of hydrogen-bond acceptors (Lipinski definition) is 4. The third kappa shape index (κ3) is 5.90. The molecule has 0 fully saturated rings. The first-order valence-corrected chi connectivity index (χ1v) is 8.75. The van der Waals surface area contributed by atoms with Crippen molar-refractivity contribution in [1.82, 2.24) is 15.6 Å². The van der Waals surface area contributed by atoms with Crippen LogP contribution in [0.15, 0.2) is 40.7 Å². The third-order valence-corrected chi connectivity index (χ3v) is 4.17. The summed E-state index contributed by atoms with van der Waals surface area (Å²) in [6, 6.07) is 10.3. The summed E-state index contributed by atoms with van der Waals surface area (Å²) in [6.45, 7) is 4.35. The van der Waals surface area contributed by atoms with Gasteiger partial charge in [-0.2, -0.15) is 0 Å². The molecule has 2 rings (SSSR count). The number of nitrogens with zero attached hydrogens (tertiary/aromatic N) is 3. The number of nitrogens with one attached hydrogen (secondary N) is 2. The molecule has 0 unspecified atom stereocenters. The molecule has 0 aliphatic carbocycles. The Morgan fingerprint density at radius 3 is 2.78 bits per heavy atom. The summed E-state index contributed by atoms with van der Waals surface area (Å²) < 4.78 is 0. The van der Waals surface area contributed by atoms with Crippen molar-refractivity contribution in [3.8, 4) is 0 Å². The highest BCUT2D eigenvalue weighted by Crippen LogP contribution is 2.09. The maximum Gasteiger partial charge on any atom is 0.191 e. The Kier molecular flexibility index (Phi) is 6.87. The Morgan fingerprint density at radius 1 is 1.22 bits per heavy atom. The maximum atomic E-state index is 4.62. The Morgan fingerprint density at radius 2 is 2.09 bits per heavy atom. The van der Waals surface area contributed by atoms with E-state index in [1.807, 2.05) is 37.2 Å². The number of pyridine rings is 1. The number of thiophene rings is 1. The van der Waals surface area contributed by atoms with E-state index in [1.165, 1.54) is 4.88 Å². The van der Waals surface area contributed by atoms with Crippen molar-refractivity contribution in [1.29, 1.82) is 0 Å². The summed E-state index contributed by atoms with van der Waals surface area (Å²) in [4.78, 5) is 12.6. The highest BCUT2D eigenvalue weighted by molar-refractivity contribution is 7.09. The van der Waals surface area contributed by atoms with Gasteiger partial charge < -0.3 is 15.5 Å². The van der Waals surface area contributed by atoms with Gasteiger partial charge in [-0.25, -0.2) is 9.98 Å². The van der Waals surface area contributed by atoms with Crippen LogP contribution in [0.4, 0.5) is 5.82 Å². The molecule has 6 heteroatoms. The van der Waals surface area contributed by atoms with Gasteiger partial charge in [0.25, 0.3) is 0 Å². The molecule has 0 spiro atoms. The molecule has 23 heavy (non-hydrogen) atoms. The molecule has 0 aromatic carbocycles. The van der Waals surface area contributed by atoms with Gasteiger partial charge >= 0.3 is 0 Å². The molecule has 0 bridgehead atoms. The van der Waals surface area contributed by atoms with Gasteiger partial charge in [0.2, 0.25) is 0 Å². The molecule has 2 aromatic heterocycles. The van der Waals surface area contributed by atoms with Gasteiger partial charge in [0, 0.05) is 32.1 Å². The number of aliphatic imine (C=N–C) groups is 1. The zero-order valence-corrected chi connectivity index (χ0v) is 14.9. The molecule has 0 aliphatic heterocycles. The van der Waals surface area contributed by atoms with E-state index in [9.17, 15) is 0 Å². The van der Waals surface area contributed by atoms with Crippen LogP contribution in [0.5, 0.6) is 0 Å². The SMILES string of the molecule is CCNC(=NCc1cccc(N(C)C)n1)NCCc1cccs1. The second-order valence-electron chi connectivity index (χ2n) is 5.33. The Balaban J connectivity index is 1.91. The zero-order chi connectivity index (χ0) is 16.5. The quantitative estimate of drug-likeness (QED) is 0.605. The molecular weight excluding hydrogens is 306 g/mol. The summed E-state index contributed by atoms with van der Waals surface area (Å²) in [6.07, 6.45) is 1.01. The van der Waals surface area contributed by atoms with E-state index in [-0.39, 0.29) is 0 Å². The molecular formula is C17H25N5S. The predicted octanol–water partition coefficient (Wildman–Crippen LogP) is 2.51. The Labute approximate surface area is 142 Å². The number of rotatable bonds is 7. The van der Waals surface area contributed by atoms with E-state index in [0.29, 0.717) is 6.54 Å². The molecule has 2 N–H and O–H groups in total. The lowest BCUT2D eigenvalue weighted by molar-refractivity contribution is 0.801. The Bertz CT molecular complexity index is 607. The fourth-order valence-electron chi connectivity index (χ4n) is 2.06. The second kappa shape index (κ2) is 9.15. The van der Waals surface area contributed by atoms with Gasteiger partial charge in [-0.1, -0.05) is 12.1 Å². The maximum absolute atomic E-state index is 4.62. The van der Waals surface area contributed by atoms with E-state index in [0.717, 1.165) is 37.0 Å². The van der Waals surface area contributed by atoms with Gasteiger partial charge in [0.05, 0.1) is 12.2 Å². The average Bonchev–Trinajstić information content (AvgIpc) is 3.06. The number of anilines is 1. The van der Waals surface area contributed by atoms with Crippen LogP contribution in [-0.4, -0.2) is 38.1 Å². The van der Waals surface area contributed by atoms with Crippen molar-refractivity contribution in [3.05, 3.63) is 46.3 Å². The normalized spacial score (nSPS) is 11.3. The molecule has 0 radical (unpaired) electrons. The van der Waals surface area contributed by atoms with Crippen LogP contribution in [-0.2, 0) is 13.0 Å². The van der Waals surface area contributed by atoms with Crippen LogP contribution in [0.2, 0.25) is 0 Å². The fraction of sp³-hybridized carbons (Fsp3) is 0.412. The van der Waals surface area contributed by atoms with Crippen molar-refractivity contribution in [3.63, 3.8) is 0 Å². The standard InChI is InChI=1S/C17H25N5S/c1-4-18-17(19-11-10-15-8-6-12-23-15)20-13-14-7-5-9-16(21-14)22(2)3/h5-9,12H,4,10-11,13H2,1-3H3,(H2,18,19,20). The first kappa shape index (κ1) is 17.3. The minimum absolute atomic E-state index is 0.565. The van der Waals surface area contributed by atoms with Crippen LogP contribution in [0, 0.1) is 0 Å². The van der Waals surface area contributed by atoms with Crippen molar-refractivity contribution < 1.29 is 0 Å². The van der Waals surface area contributed by atoms with Gasteiger partial charge in [-0.3, -0.25) is 0 Å². The molecule has 5 nitrogen and oxygen atoms in total. The lowest BCUT2D eigenvalue weighted by atomic mass is 10.3.